The van der Waals surface area contributed by atoms with Crippen LogP contribution in [-0.4, -0.2) is 45.4 Å². The van der Waals surface area contributed by atoms with Crippen LogP contribution in [0, 0.1) is 0 Å². The van der Waals surface area contributed by atoms with Gasteiger partial charge in [-0.2, -0.15) is 8.42 Å². The largest absolute Gasteiger partial charge is 0.454 e. The molecule has 0 atom stereocenters. The lowest BCUT2D eigenvalue weighted by molar-refractivity contribution is -0.116. The highest BCUT2D eigenvalue weighted by molar-refractivity contribution is 7.90. The fourth-order valence-electron chi connectivity index (χ4n) is 3.39. The van der Waals surface area contributed by atoms with Crippen molar-refractivity contribution in [1.82, 2.24) is 4.90 Å². The van der Waals surface area contributed by atoms with Crippen LogP contribution in [0.15, 0.2) is 51.8 Å². The van der Waals surface area contributed by atoms with Gasteiger partial charge in [-0.15, -0.1) is 4.40 Å². The van der Waals surface area contributed by atoms with Crippen LogP contribution in [-0.2, 0) is 21.2 Å². The number of hydrogen-bond acceptors (Lipinski definition) is 5. The zero-order chi connectivity index (χ0) is 21.1. The first kappa shape index (κ1) is 20.2. The number of carbonyl (C=O) groups is 1. The number of aryl methyl sites for hydroxylation is 1. The average Bonchev–Trinajstić information content (AvgIpc) is 3.35. The van der Waals surface area contributed by atoms with Crippen molar-refractivity contribution in [2.24, 2.45) is 4.40 Å². The van der Waals surface area contributed by atoms with Gasteiger partial charge in [0.1, 0.15) is 5.84 Å². The number of nitrogens with zero attached hydrogens (tertiary/aromatic N) is 2. The summed E-state index contributed by atoms with van der Waals surface area (Å²) in [6.45, 7) is 1.03. The first-order chi connectivity index (χ1) is 14.4. The number of hydrogen-bond donors (Lipinski definition) is 1. The first-order valence-electron chi connectivity index (χ1n) is 9.74. The predicted octanol–water partition coefficient (Wildman–Crippen LogP) is 2.80. The van der Waals surface area contributed by atoms with E-state index in [4.69, 9.17) is 9.47 Å². The molecule has 30 heavy (non-hydrogen) atoms. The normalized spacial score (nSPS) is 16.8. The molecule has 2 aromatic rings. The Balaban J connectivity index is 1.34. The average molecular weight is 429 g/mol. The van der Waals surface area contributed by atoms with Gasteiger partial charge in [0.05, 0.1) is 4.90 Å². The molecule has 0 spiro atoms. The molecule has 2 aliphatic heterocycles. The molecule has 1 amide bonds. The van der Waals surface area contributed by atoms with Crippen LogP contribution < -0.4 is 14.8 Å². The molecule has 1 N–H and O–H groups in total. The lowest BCUT2D eigenvalue weighted by Crippen LogP contribution is -2.20. The zero-order valence-corrected chi connectivity index (χ0v) is 17.4. The quantitative estimate of drug-likeness (QED) is 0.758. The highest BCUT2D eigenvalue weighted by atomic mass is 32.2. The fourth-order valence-corrected chi connectivity index (χ4v) is 4.48. The number of ether oxygens (including phenoxy) is 2. The van der Waals surface area contributed by atoms with E-state index in [0.717, 1.165) is 18.5 Å². The van der Waals surface area contributed by atoms with E-state index in [1.165, 1.54) is 12.1 Å². The van der Waals surface area contributed by atoms with E-state index in [-0.39, 0.29) is 17.6 Å². The van der Waals surface area contributed by atoms with Gasteiger partial charge in [-0.1, -0.05) is 6.07 Å². The summed E-state index contributed by atoms with van der Waals surface area (Å²) in [4.78, 5) is 14.2. The van der Waals surface area contributed by atoms with Gasteiger partial charge in [-0.05, 0) is 54.8 Å². The molecular weight excluding hydrogens is 406 g/mol. The Morgan fingerprint density at radius 1 is 1.13 bits per heavy atom. The molecule has 0 bridgehead atoms. The van der Waals surface area contributed by atoms with Crippen molar-refractivity contribution < 1.29 is 22.7 Å². The highest BCUT2D eigenvalue weighted by Gasteiger charge is 2.20. The van der Waals surface area contributed by atoms with Crippen LogP contribution in [0.25, 0.3) is 0 Å². The number of likely N-dealkylation sites (tertiary alicyclic amines) is 1. The number of carbonyl (C=O) groups excluding carboxylic acids is 1. The molecule has 1 saturated heterocycles. The summed E-state index contributed by atoms with van der Waals surface area (Å²) < 4.78 is 39.5. The number of amides is 1. The number of sulfonamides is 1. The molecule has 158 valence electrons. The van der Waals surface area contributed by atoms with Gasteiger partial charge in [0, 0.05) is 32.1 Å². The molecule has 2 aliphatic rings. The van der Waals surface area contributed by atoms with Gasteiger partial charge in [0.25, 0.3) is 10.0 Å². The van der Waals surface area contributed by atoms with Crippen molar-refractivity contribution in [1.29, 1.82) is 0 Å². The SMILES string of the molecule is CN1CCC/C1=N\S(=O)(=O)c1ccc(NC(=O)CCc2ccc3c(c2)OCO3)cc1. The highest BCUT2D eigenvalue weighted by Crippen LogP contribution is 2.32. The zero-order valence-electron chi connectivity index (χ0n) is 16.6. The number of nitrogens with one attached hydrogen (secondary N) is 1. The third kappa shape index (κ3) is 4.56. The summed E-state index contributed by atoms with van der Waals surface area (Å²) in [5, 5.41) is 2.79. The van der Waals surface area contributed by atoms with E-state index >= 15 is 0 Å². The van der Waals surface area contributed by atoms with E-state index in [0.29, 0.717) is 42.3 Å². The number of rotatable bonds is 6. The van der Waals surface area contributed by atoms with Crippen LogP contribution in [0.2, 0.25) is 0 Å². The summed E-state index contributed by atoms with van der Waals surface area (Å²) in [5.74, 6) is 1.83. The second-order valence-electron chi connectivity index (χ2n) is 7.27. The second kappa shape index (κ2) is 8.35. The Morgan fingerprint density at radius 3 is 2.63 bits per heavy atom. The summed E-state index contributed by atoms with van der Waals surface area (Å²) in [6, 6.07) is 11.7. The maximum absolute atomic E-state index is 12.5. The minimum Gasteiger partial charge on any atom is -0.454 e. The fraction of sp³-hybridized carbons (Fsp3) is 0.333. The number of amidine groups is 1. The van der Waals surface area contributed by atoms with Crippen molar-refractivity contribution in [2.45, 2.75) is 30.6 Å². The maximum atomic E-state index is 12.5. The molecule has 0 radical (unpaired) electrons. The van der Waals surface area contributed by atoms with Gasteiger partial charge in [-0.3, -0.25) is 4.79 Å². The van der Waals surface area contributed by atoms with E-state index in [1.807, 2.05) is 30.1 Å². The summed E-state index contributed by atoms with van der Waals surface area (Å²) in [5.41, 5.74) is 1.52. The Morgan fingerprint density at radius 2 is 1.90 bits per heavy atom. The van der Waals surface area contributed by atoms with Crippen molar-refractivity contribution in [3.8, 4) is 11.5 Å². The summed E-state index contributed by atoms with van der Waals surface area (Å²) in [7, 11) is -1.92. The van der Waals surface area contributed by atoms with Crippen LogP contribution in [0.1, 0.15) is 24.8 Å². The van der Waals surface area contributed by atoms with E-state index in [9.17, 15) is 13.2 Å². The molecule has 2 heterocycles. The summed E-state index contributed by atoms with van der Waals surface area (Å²) >= 11 is 0. The van der Waals surface area contributed by atoms with Crippen molar-refractivity contribution in [3.63, 3.8) is 0 Å². The van der Waals surface area contributed by atoms with Gasteiger partial charge < -0.3 is 19.7 Å². The first-order valence-corrected chi connectivity index (χ1v) is 11.2. The van der Waals surface area contributed by atoms with Crippen molar-refractivity contribution >= 4 is 27.5 Å². The predicted molar refractivity (Wildman–Crippen MR) is 112 cm³/mol. The molecule has 2 aromatic carbocycles. The number of anilines is 1. The molecule has 9 heteroatoms. The number of benzene rings is 2. The van der Waals surface area contributed by atoms with Crippen LogP contribution in [0.5, 0.6) is 11.5 Å². The molecule has 0 unspecified atom stereocenters. The van der Waals surface area contributed by atoms with Crippen molar-refractivity contribution in [2.75, 3.05) is 25.7 Å². The van der Waals surface area contributed by atoms with Crippen LogP contribution >= 0.6 is 0 Å². The van der Waals surface area contributed by atoms with Crippen LogP contribution in [0.3, 0.4) is 0 Å². The third-order valence-corrected chi connectivity index (χ3v) is 6.39. The lowest BCUT2D eigenvalue weighted by Gasteiger charge is -2.11. The van der Waals surface area contributed by atoms with Gasteiger partial charge in [-0.25, -0.2) is 0 Å². The molecule has 0 saturated carbocycles. The molecule has 8 nitrogen and oxygen atoms in total. The Kier molecular flexibility index (Phi) is 5.63. The monoisotopic (exact) mass is 429 g/mol. The third-order valence-electron chi connectivity index (χ3n) is 5.07. The number of fused-ring (bicyclic) bond motifs is 1. The van der Waals surface area contributed by atoms with Crippen molar-refractivity contribution in [3.05, 3.63) is 48.0 Å². The van der Waals surface area contributed by atoms with E-state index in [2.05, 4.69) is 9.71 Å². The maximum Gasteiger partial charge on any atom is 0.283 e. The minimum atomic E-state index is -3.76. The van der Waals surface area contributed by atoms with Gasteiger partial charge >= 0.3 is 0 Å². The van der Waals surface area contributed by atoms with E-state index < -0.39 is 10.0 Å². The van der Waals surface area contributed by atoms with Crippen LogP contribution in [0.4, 0.5) is 5.69 Å². The smallest absolute Gasteiger partial charge is 0.283 e. The molecule has 1 fully saturated rings. The Bertz CT molecular complexity index is 1080. The Labute approximate surface area is 175 Å². The molecule has 0 aromatic heterocycles. The Hall–Kier alpha value is -3.07. The van der Waals surface area contributed by atoms with Gasteiger partial charge in [0.15, 0.2) is 11.5 Å². The minimum absolute atomic E-state index is 0.105. The summed E-state index contributed by atoms with van der Waals surface area (Å²) in [6.07, 6.45) is 2.41. The lowest BCUT2D eigenvalue weighted by atomic mass is 10.1. The topological polar surface area (TPSA) is 97.3 Å². The molecule has 4 rings (SSSR count). The standard InChI is InChI=1S/C21H23N3O5S/c1-24-12-2-3-20(24)23-30(26,27)17-8-6-16(7-9-17)22-21(25)11-5-15-4-10-18-19(13-15)29-14-28-18/h4,6-10,13H,2-3,5,11-12,14H2,1H3,(H,22,25)/b23-20+. The molecular formula is C21H23N3O5S. The van der Waals surface area contributed by atoms with Gasteiger partial charge in [0.2, 0.25) is 12.7 Å². The second-order valence-corrected chi connectivity index (χ2v) is 8.87. The molecule has 0 aliphatic carbocycles. The van der Waals surface area contributed by atoms with E-state index in [1.54, 1.807) is 12.1 Å².